The zero-order valence-corrected chi connectivity index (χ0v) is 13.1. The van der Waals surface area contributed by atoms with Gasteiger partial charge in [0.25, 0.3) is 0 Å². The van der Waals surface area contributed by atoms with Crippen molar-refractivity contribution in [1.29, 1.82) is 0 Å². The molecule has 2 amide bonds. The number of ether oxygens (including phenoxy) is 1. The summed E-state index contributed by atoms with van der Waals surface area (Å²) in [5, 5.41) is 11.4. The van der Waals surface area contributed by atoms with E-state index < -0.39 is 27.9 Å². The highest BCUT2D eigenvalue weighted by Crippen LogP contribution is 2.12. The van der Waals surface area contributed by atoms with E-state index in [0.29, 0.717) is 13.2 Å². The van der Waals surface area contributed by atoms with Crippen molar-refractivity contribution in [3.8, 4) is 0 Å². The molecule has 0 aromatic heterocycles. The Labute approximate surface area is 124 Å². The number of rotatable bonds is 7. The molecule has 2 atom stereocenters. The van der Waals surface area contributed by atoms with Crippen molar-refractivity contribution in [3.63, 3.8) is 0 Å². The molecule has 0 saturated carbocycles. The number of amides is 2. The molecule has 2 N–H and O–H groups in total. The molecule has 9 heteroatoms. The Balaban J connectivity index is 2.48. The first-order valence-corrected chi connectivity index (χ1v) is 8.79. The number of carbonyl (C=O) groups is 2. The molecule has 0 bridgehead atoms. The molecular weight excluding hydrogens is 300 g/mol. The van der Waals surface area contributed by atoms with Crippen LogP contribution in [0, 0.1) is 0 Å². The highest BCUT2D eigenvalue weighted by atomic mass is 32.2. The van der Waals surface area contributed by atoms with Gasteiger partial charge in [0.15, 0.2) is 0 Å². The second-order valence-electron chi connectivity index (χ2n) is 5.27. The van der Waals surface area contributed by atoms with Crippen LogP contribution in [-0.4, -0.2) is 74.8 Å². The van der Waals surface area contributed by atoms with Crippen LogP contribution in [0.1, 0.15) is 19.3 Å². The van der Waals surface area contributed by atoms with Gasteiger partial charge in [-0.3, -0.25) is 0 Å². The lowest BCUT2D eigenvalue weighted by molar-refractivity contribution is -0.139. The molecule has 0 aromatic carbocycles. The number of carbonyl (C=O) groups excluding carboxylic acids is 1. The summed E-state index contributed by atoms with van der Waals surface area (Å²) in [7, 11) is -1.73. The maximum absolute atomic E-state index is 11.9. The Kier molecular flexibility index (Phi) is 6.41. The zero-order valence-electron chi connectivity index (χ0n) is 12.2. The van der Waals surface area contributed by atoms with E-state index in [0.717, 1.165) is 19.1 Å². The standard InChI is InChI=1S/C12H22N2O6S/c1-14(8-9-4-3-6-20-9)12(17)13-10(11(15)16)5-7-21(2,18)19/h9-10H,3-8H2,1-2H3,(H,13,17)(H,15,16). The number of nitrogens with zero attached hydrogens (tertiary/aromatic N) is 1. The zero-order chi connectivity index (χ0) is 16.0. The molecule has 2 unspecified atom stereocenters. The maximum Gasteiger partial charge on any atom is 0.326 e. The predicted octanol–water partition coefficient (Wildman–Crippen LogP) is -0.305. The average molecular weight is 322 g/mol. The van der Waals surface area contributed by atoms with Crippen LogP contribution in [0.15, 0.2) is 0 Å². The fourth-order valence-corrected chi connectivity index (χ4v) is 2.69. The second-order valence-corrected chi connectivity index (χ2v) is 7.53. The number of carboxylic acid groups (broad SMARTS) is 1. The summed E-state index contributed by atoms with van der Waals surface area (Å²) < 4.78 is 27.6. The maximum atomic E-state index is 11.9. The molecule has 8 nitrogen and oxygen atoms in total. The van der Waals surface area contributed by atoms with Crippen molar-refractivity contribution in [1.82, 2.24) is 10.2 Å². The van der Waals surface area contributed by atoms with Crippen LogP contribution < -0.4 is 5.32 Å². The SMILES string of the molecule is CN(CC1CCCO1)C(=O)NC(CCS(C)(=O)=O)C(=O)O. The highest BCUT2D eigenvalue weighted by Gasteiger charge is 2.25. The monoisotopic (exact) mass is 322 g/mol. The Morgan fingerprint density at radius 3 is 2.62 bits per heavy atom. The number of aliphatic carboxylic acids is 1. The first-order valence-electron chi connectivity index (χ1n) is 6.73. The fraction of sp³-hybridized carbons (Fsp3) is 0.833. The summed E-state index contributed by atoms with van der Waals surface area (Å²) in [6.45, 7) is 1.05. The predicted molar refractivity (Wildman–Crippen MR) is 75.9 cm³/mol. The number of urea groups is 1. The lowest BCUT2D eigenvalue weighted by Gasteiger charge is -2.23. The third-order valence-corrected chi connectivity index (χ3v) is 4.20. The van der Waals surface area contributed by atoms with E-state index >= 15 is 0 Å². The topological polar surface area (TPSA) is 113 Å². The highest BCUT2D eigenvalue weighted by molar-refractivity contribution is 7.90. The van der Waals surface area contributed by atoms with E-state index in [1.54, 1.807) is 7.05 Å². The van der Waals surface area contributed by atoms with Crippen LogP contribution in [0.3, 0.4) is 0 Å². The van der Waals surface area contributed by atoms with Crippen molar-refractivity contribution < 1.29 is 27.9 Å². The average Bonchev–Trinajstić information content (AvgIpc) is 2.85. The second kappa shape index (κ2) is 7.60. The van der Waals surface area contributed by atoms with Gasteiger partial charge in [-0.25, -0.2) is 18.0 Å². The number of nitrogens with one attached hydrogen (secondary N) is 1. The van der Waals surface area contributed by atoms with Gasteiger partial charge in [0.2, 0.25) is 0 Å². The number of carboxylic acids is 1. The van der Waals surface area contributed by atoms with Crippen LogP contribution in [0.25, 0.3) is 0 Å². The lowest BCUT2D eigenvalue weighted by Crippen LogP contribution is -2.48. The minimum atomic E-state index is -3.28. The van der Waals surface area contributed by atoms with E-state index in [9.17, 15) is 18.0 Å². The van der Waals surface area contributed by atoms with Gasteiger partial charge in [-0.05, 0) is 19.3 Å². The Morgan fingerprint density at radius 1 is 1.48 bits per heavy atom. The molecule has 1 rings (SSSR count). The summed E-state index contributed by atoms with van der Waals surface area (Å²) >= 11 is 0. The molecular formula is C12H22N2O6S. The smallest absolute Gasteiger partial charge is 0.326 e. The number of likely N-dealkylation sites (N-methyl/N-ethyl adjacent to an activating group) is 1. The van der Waals surface area contributed by atoms with Crippen molar-refractivity contribution >= 4 is 21.8 Å². The van der Waals surface area contributed by atoms with E-state index in [-0.39, 0.29) is 18.3 Å². The molecule has 0 spiro atoms. The Morgan fingerprint density at radius 2 is 2.14 bits per heavy atom. The van der Waals surface area contributed by atoms with E-state index in [2.05, 4.69) is 5.32 Å². The fourth-order valence-electron chi connectivity index (χ4n) is 2.03. The quantitative estimate of drug-likeness (QED) is 0.665. The van der Waals surface area contributed by atoms with E-state index in [1.807, 2.05) is 0 Å². The molecule has 1 aliphatic heterocycles. The normalized spacial score (nSPS) is 20.0. The van der Waals surface area contributed by atoms with Gasteiger partial charge in [-0.2, -0.15) is 0 Å². The molecule has 1 heterocycles. The first kappa shape index (κ1) is 17.7. The summed E-state index contributed by atoms with van der Waals surface area (Å²) in [4.78, 5) is 24.3. The van der Waals surface area contributed by atoms with Crippen LogP contribution in [-0.2, 0) is 19.4 Å². The molecule has 1 aliphatic rings. The van der Waals surface area contributed by atoms with Gasteiger partial charge in [-0.15, -0.1) is 0 Å². The van der Waals surface area contributed by atoms with E-state index in [1.165, 1.54) is 4.90 Å². The summed E-state index contributed by atoms with van der Waals surface area (Å²) in [5.74, 6) is -1.54. The van der Waals surface area contributed by atoms with Crippen LogP contribution in [0.2, 0.25) is 0 Å². The molecule has 0 radical (unpaired) electrons. The van der Waals surface area contributed by atoms with Crippen molar-refractivity contribution in [3.05, 3.63) is 0 Å². The minimum Gasteiger partial charge on any atom is -0.480 e. The molecule has 0 aromatic rings. The Hall–Kier alpha value is -1.35. The van der Waals surface area contributed by atoms with Crippen molar-refractivity contribution in [2.45, 2.75) is 31.4 Å². The van der Waals surface area contributed by atoms with Gasteiger partial charge < -0.3 is 20.1 Å². The lowest BCUT2D eigenvalue weighted by atomic mass is 10.2. The molecule has 0 aliphatic carbocycles. The largest absolute Gasteiger partial charge is 0.480 e. The van der Waals surface area contributed by atoms with Crippen molar-refractivity contribution in [2.75, 3.05) is 32.2 Å². The first-order chi connectivity index (χ1) is 9.69. The molecule has 122 valence electrons. The minimum absolute atomic E-state index is 0.0277. The third kappa shape index (κ3) is 6.76. The third-order valence-electron chi connectivity index (χ3n) is 3.22. The number of hydrogen-bond donors (Lipinski definition) is 2. The van der Waals surface area contributed by atoms with Gasteiger partial charge in [0, 0.05) is 26.5 Å². The van der Waals surface area contributed by atoms with Crippen molar-refractivity contribution in [2.24, 2.45) is 0 Å². The Bertz CT molecular complexity index is 472. The van der Waals surface area contributed by atoms with Crippen LogP contribution in [0.4, 0.5) is 4.79 Å². The van der Waals surface area contributed by atoms with Gasteiger partial charge in [0.05, 0.1) is 11.9 Å². The van der Waals surface area contributed by atoms with Gasteiger partial charge >= 0.3 is 12.0 Å². The number of sulfone groups is 1. The summed E-state index contributed by atoms with van der Waals surface area (Å²) in [6.07, 6.45) is 2.66. The summed E-state index contributed by atoms with van der Waals surface area (Å²) in [6, 6.07) is -1.77. The van der Waals surface area contributed by atoms with Gasteiger partial charge in [-0.1, -0.05) is 0 Å². The molecule has 1 saturated heterocycles. The molecule has 21 heavy (non-hydrogen) atoms. The number of hydrogen-bond acceptors (Lipinski definition) is 5. The van der Waals surface area contributed by atoms with Crippen LogP contribution >= 0.6 is 0 Å². The van der Waals surface area contributed by atoms with E-state index in [4.69, 9.17) is 9.84 Å². The van der Waals surface area contributed by atoms with Crippen LogP contribution in [0.5, 0.6) is 0 Å². The van der Waals surface area contributed by atoms with Gasteiger partial charge in [0.1, 0.15) is 15.9 Å². The molecule has 1 fully saturated rings. The summed E-state index contributed by atoms with van der Waals surface area (Å²) in [5.41, 5.74) is 0.